The zero-order valence-electron chi connectivity index (χ0n) is 10.8. The van der Waals surface area contributed by atoms with Gasteiger partial charge in [-0.05, 0) is 12.8 Å². The highest BCUT2D eigenvalue weighted by Crippen LogP contribution is 2.25. The van der Waals surface area contributed by atoms with E-state index in [0.29, 0.717) is 6.54 Å². The highest BCUT2D eigenvalue weighted by Gasteiger charge is 2.27. The van der Waals surface area contributed by atoms with Crippen LogP contribution in [0.15, 0.2) is 0 Å². The van der Waals surface area contributed by atoms with E-state index in [4.69, 9.17) is 4.74 Å². The van der Waals surface area contributed by atoms with Crippen molar-refractivity contribution in [3.8, 4) is 0 Å². The summed E-state index contributed by atoms with van der Waals surface area (Å²) in [5, 5.41) is 3.17. The van der Waals surface area contributed by atoms with Crippen LogP contribution in [0.4, 0.5) is 0 Å². The molecule has 0 spiro atoms. The molecular formula is C11H24N2O3S. The van der Waals surface area contributed by atoms with Gasteiger partial charge in [-0.3, -0.25) is 4.90 Å². The number of rotatable bonds is 10. The minimum Gasteiger partial charge on any atom is -0.383 e. The Morgan fingerprint density at radius 1 is 1.29 bits per heavy atom. The molecule has 0 aromatic carbocycles. The molecule has 1 N–H and O–H groups in total. The van der Waals surface area contributed by atoms with Crippen molar-refractivity contribution < 1.29 is 13.2 Å². The summed E-state index contributed by atoms with van der Waals surface area (Å²) in [5.41, 5.74) is 0. The van der Waals surface area contributed by atoms with E-state index in [0.717, 1.165) is 32.3 Å². The van der Waals surface area contributed by atoms with Gasteiger partial charge in [-0.1, -0.05) is 0 Å². The number of hydrogen-bond acceptors (Lipinski definition) is 5. The van der Waals surface area contributed by atoms with Gasteiger partial charge in [0.2, 0.25) is 0 Å². The molecule has 1 fully saturated rings. The van der Waals surface area contributed by atoms with Gasteiger partial charge in [0, 0.05) is 45.6 Å². The van der Waals surface area contributed by atoms with Gasteiger partial charge in [0.25, 0.3) is 0 Å². The monoisotopic (exact) mass is 264 g/mol. The molecule has 0 radical (unpaired) electrons. The minimum absolute atomic E-state index is 0.217. The smallest absolute Gasteiger partial charge is 0.148 e. The molecule has 0 aromatic heterocycles. The third-order valence-corrected chi connectivity index (χ3v) is 3.82. The molecule has 102 valence electrons. The first-order chi connectivity index (χ1) is 8.03. The Kier molecular flexibility index (Phi) is 6.40. The molecule has 0 saturated heterocycles. The highest BCUT2D eigenvalue weighted by atomic mass is 32.2. The Morgan fingerprint density at radius 2 is 2.00 bits per heavy atom. The van der Waals surface area contributed by atoms with Crippen molar-refractivity contribution in [1.82, 2.24) is 10.2 Å². The SMILES string of the molecule is COCCN(CCNCCS(C)(=O)=O)C1CC1. The highest BCUT2D eigenvalue weighted by molar-refractivity contribution is 7.90. The minimum atomic E-state index is -2.84. The quantitative estimate of drug-likeness (QED) is 0.551. The van der Waals surface area contributed by atoms with Gasteiger partial charge in [0.05, 0.1) is 12.4 Å². The van der Waals surface area contributed by atoms with Gasteiger partial charge < -0.3 is 10.1 Å². The van der Waals surface area contributed by atoms with E-state index in [9.17, 15) is 8.42 Å². The Labute approximate surface area is 104 Å². The van der Waals surface area contributed by atoms with E-state index >= 15 is 0 Å². The summed E-state index contributed by atoms with van der Waals surface area (Å²) in [6, 6.07) is 0.724. The number of nitrogens with zero attached hydrogens (tertiary/aromatic N) is 1. The fourth-order valence-electron chi connectivity index (χ4n) is 1.73. The van der Waals surface area contributed by atoms with Crippen LogP contribution in [0.2, 0.25) is 0 Å². The maximum absolute atomic E-state index is 10.9. The van der Waals surface area contributed by atoms with Crippen LogP contribution in [0.1, 0.15) is 12.8 Å². The van der Waals surface area contributed by atoms with Crippen molar-refractivity contribution in [2.24, 2.45) is 0 Å². The Balaban J connectivity index is 2.06. The van der Waals surface area contributed by atoms with Crippen LogP contribution >= 0.6 is 0 Å². The summed E-state index contributed by atoms with van der Waals surface area (Å²) in [7, 11) is -1.12. The molecule has 0 bridgehead atoms. The average molecular weight is 264 g/mol. The second kappa shape index (κ2) is 7.31. The molecule has 0 aromatic rings. The standard InChI is InChI=1S/C11H24N2O3S/c1-16-9-8-13(11-3-4-11)7-5-12-6-10-17(2,14)15/h11-12H,3-10H2,1-2H3. The molecule has 1 aliphatic rings. The second-order valence-electron chi connectivity index (χ2n) is 4.64. The van der Waals surface area contributed by atoms with Crippen LogP contribution in [0.25, 0.3) is 0 Å². The summed E-state index contributed by atoms with van der Waals surface area (Å²) < 4.78 is 26.9. The van der Waals surface area contributed by atoms with Crippen LogP contribution in [0, 0.1) is 0 Å². The van der Waals surface area contributed by atoms with Crippen LogP contribution in [0.3, 0.4) is 0 Å². The van der Waals surface area contributed by atoms with Crippen LogP contribution < -0.4 is 5.32 Å². The van der Waals surface area contributed by atoms with Gasteiger partial charge in [0.15, 0.2) is 0 Å². The van der Waals surface area contributed by atoms with E-state index in [2.05, 4.69) is 10.2 Å². The summed E-state index contributed by atoms with van der Waals surface area (Å²) >= 11 is 0. The first-order valence-corrected chi connectivity index (χ1v) is 8.20. The zero-order chi connectivity index (χ0) is 12.7. The largest absolute Gasteiger partial charge is 0.383 e. The van der Waals surface area contributed by atoms with E-state index < -0.39 is 9.84 Å². The zero-order valence-corrected chi connectivity index (χ0v) is 11.6. The van der Waals surface area contributed by atoms with Crippen molar-refractivity contribution >= 4 is 9.84 Å². The van der Waals surface area contributed by atoms with Gasteiger partial charge in [-0.25, -0.2) is 8.42 Å². The van der Waals surface area contributed by atoms with E-state index in [1.54, 1.807) is 7.11 Å². The summed E-state index contributed by atoms with van der Waals surface area (Å²) in [6.45, 7) is 4.09. The third kappa shape index (κ3) is 7.70. The molecule has 17 heavy (non-hydrogen) atoms. The van der Waals surface area contributed by atoms with Crippen LogP contribution in [-0.2, 0) is 14.6 Å². The third-order valence-electron chi connectivity index (χ3n) is 2.87. The van der Waals surface area contributed by atoms with Gasteiger partial charge in [0.1, 0.15) is 9.84 Å². The Hall–Kier alpha value is -0.170. The molecule has 0 heterocycles. The normalized spacial score (nSPS) is 16.6. The number of methoxy groups -OCH3 is 1. The predicted molar refractivity (Wildman–Crippen MR) is 69.1 cm³/mol. The molecule has 0 unspecified atom stereocenters. The maximum Gasteiger partial charge on any atom is 0.148 e. The van der Waals surface area contributed by atoms with Gasteiger partial charge in [-0.2, -0.15) is 0 Å². The second-order valence-corrected chi connectivity index (χ2v) is 6.90. The summed E-state index contributed by atoms with van der Waals surface area (Å²) in [4.78, 5) is 2.41. The Bertz CT molecular complexity index is 302. The van der Waals surface area contributed by atoms with Crippen LogP contribution in [0.5, 0.6) is 0 Å². The number of hydrogen-bond donors (Lipinski definition) is 1. The molecule has 1 rings (SSSR count). The maximum atomic E-state index is 10.9. The van der Waals surface area contributed by atoms with Crippen molar-refractivity contribution in [3.05, 3.63) is 0 Å². The number of nitrogens with one attached hydrogen (secondary N) is 1. The first-order valence-electron chi connectivity index (χ1n) is 6.14. The van der Waals surface area contributed by atoms with Crippen molar-refractivity contribution in [2.75, 3.05) is 51.9 Å². The number of ether oxygens (including phenoxy) is 1. The lowest BCUT2D eigenvalue weighted by Gasteiger charge is -2.21. The molecule has 6 heteroatoms. The van der Waals surface area contributed by atoms with Crippen molar-refractivity contribution in [3.63, 3.8) is 0 Å². The van der Waals surface area contributed by atoms with E-state index in [-0.39, 0.29) is 5.75 Å². The van der Waals surface area contributed by atoms with Crippen molar-refractivity contribution in [2.45, 2.75) is 18.9 Å². The molecular weight excluding hydrogens is 240 g/mol. The summed E-state index contributed by atoms with van der Waals surface area (Å²) in [6.07, 6.45) is 3.84. The molecule has 0 atom stereocenters. The Morgan fingerprint density at radius 3 is 2.53 bits per heavy atom. The molecule has 1 aliphatic carbocycles. The molecule has 1 saturated carbocycles. The van der Waals surface area contributed by atoms with Crippen molar-refractivity contribution in [1.29, 1.82) is 0 Å². The molecule has 0 aliphatic heterocycles. The molecule has 5 nitrogen and oxygen atoms in total. The number of sulfone groups is 1. The fraction of sp³-hybridized carbons (Fsp3) is 1.00. The summed E-state index contributed by atoms with van der Waals surface area (Å²) in [5.74, 6) is 0.217. The van der Waals surface area contributed by atoms with Gasteiger partial charge in [-0.15, -0.1) is 0 Å². The molecule has 0 amide bonds. The lowest BCUT2D eigenvalue weighted by atomic mass is 10.4. The fourth-order valence-corrected chi connectivity index (χ4v) is 2.25. The van der Waals surface area contributed by atoms with Gasteiger partial charge >= 0.3 is 0 Å². The lowest BCUT2D eigenvalue weighted by Crippen LogP contribution is -2.37. The predicted octanol–water partition coefficient (Wildman–Crippen LogP) is -0.269. The van der Waals surface area contributed by atoms with Crippen LogP contribution in [-0.4, -0.2) is 71.3 Å². The van der Waals surface area contributed by atoms with E-state index in [1.165, 1.54) is 19.1 Å². The van der Waals surface area contributed by atoms with E-state index in [1.807, 2.05) is 0 Å². The first kappa shape index (κ1) is 14.9. The average Bonchev–Trinajstić information content (AvgIpc) is 3.04. The lowest BCUT2D eigenvalue weighted by molar-refractivity contribution is 0.144. The topological polar surface area (TPSA) is 58.6 Å².